The average Bonchev–Trinajstić information content (AvgIpc) is 3.16. The highest BCUT2D eigenvalue weighted by Gasteiger charge is 2.19. The second-order valence-electron chi connectivity index (χ2n) is 13.7. The zero-order valence-electron chi connectivity index (χ0n) is 33.7. The van der Waals surface area contributed by atoms with Gasteiger partial charge in [-0.2, -0.15) is 0 Å². The first-order chi connectivity index (χ1) is 26.5. The number of aliphatic carboxylic acids is 1. The predicted molar refractivity (Wildman–Crippen MR) is 213 cm³/mol. The molecule has 1 heterocycles. The second kappa shape index (κ2) is 33.4. The van der Waals surface area contributed by atoms with Gasteiger partial charge in [0.1, 0.15) is 6.29 Å². The van der Waals surface area contributed by atoms with Crippen LogP contribution in [0.15, 0.2) is 24.3 Å². The number of carboxylic acid groups (broad SMARTS) is 2. The van der Waals surface area contributed by atoms with Gasteiger partial charge in [0.25, 0.3) is 12.4 Å². The molecule has 55 heavy (non-hydrogen) atoms. The molecule has 314 valence electrons. The van der Waals surface area contributed by atoms with Gasteiger partial charge in [-0.1, -0.05) is 52.2 Å². The summed E-state index contributed by atoms with van der Waals surface area (Å²) in [5, 5.41) is 32.2. The van der Waals surface area contributed by atoms with E-state index in [0.717, 1.165) is 77.2 Å². The summed E-state index contributed by atoms with van der Waals surface area (Å²) in [5.74, 6) is -0.378. The zero-order chi connectivity index (χ0) is 41.3. The van der Waals surface area contributed by atoms with E-state index >= 15 is 0 Å². The maximum absolute atomic E-state index is 13.0. The highest BCUT2D eigenvalue weighted by Crippen LogP contribution is 2.07. The summed E-state index contributed by atoms with van der Waals surface area (Å²) in [7, 11) is 1.00. The molecule has 1 aromatic rings. The van der Waals surface area contributed by atoms with E-state index in [1.54, 1.807) is 12.1 Å². The Bertz CT molecular complexity index is 1200. The molecule has 1 aromatic carbocycles. The number of benzene rings is 1. The van der Waals surface area contributed by atoms with E-state index in [4.69, 9.17) is 15.0 Å². The van der Waals surface area contributed by atoms with Crippen molar-refractivity contribution in [3.8, 4) is 0 Å². The highest BCUT2D eigenvalue weighted by molar-refractivity contribution is 5.94. The van der Waals surface area contributed by atoms with Crippen LogP contribution < -0.4 is 16.0 Å². The van der Waals surface area contributed by atoms with E-state index in [1.807, 2.05) is 17.0 Å². The van der Waals surface area contributed by atoms with Crippen molar-refractivity contribution in [1.82, 2.24) is 35.6 Å². The van der Waals surface area contributed by atoms with Crippen LogP contribution in [0.5, 0.6) is 0 Å². The van der Waals surface area contributed by atoms with E-state index in [1.165, 1.54) is 6.42 Å². The van der Waals surface area contributed by atoms with E-state index in [9.17, 15) is 29.1 Å². The molecule has 0 atom stereocenters. The average molecular weight is 780 g/mol. The van der Waals surface area contributed by atoms with Crippen LogP contribution >= 0.6 is 0 Å². The number of aliphatic hydroxyl groups excluding tert-OH is 1. The lowest BCUT2D eigenvalue weighted by atomic mass is 10.1. The van der Waals surface area contributed by atoms with Crippen molar-refractivity contribution in [2.75, 3.05) is 98.7 Å². The highest BCUT2D eigenvalue weighted by atomic mass is 16.4. The number of unbranched alkanes of at least 4 members (excludes halogenated alkanes) is 3. The molecule has 0 saturated carbocycles. The number of amides is 3. The van der Waals surface area contributed by atoms with Crippen molar-refractivity contribution < 1.29 is 44.1 Å². The van der Waals surface area contributed by atoms with Crippen molar-refractivity contribution in [3.05, 3.63) is 35.4 Å². The number of aldehydes is 1. The molecule has 1 saturated heterocycles. The van der Waals surface area contributed by atoms with Crippen molar-refractivity contribution in [3.63, 3.8) is 0 Å². The Morgan fingerprint density at radius 1 is 0.709 bits per heavy atom. The van der Waals surface area contributed by atoms with Gasteiger partial charge in [-0.3, -0.25) is 38.7 Å². The maximum atomic E-state index is 13.0. The molecular weight excluding hydrogens is 710 g/mol. The van der Waals surface area contributed by atoms with E-state index < -0.39 is 5.97 Å². The molecule has 0 spiro atoms. The molecule has 16 nitrogen and oxygen atoms in total. The summed E-state index contributed by atoms with van der Waals surface area (Å²) < 4.78 is 0. The standard InChI is InChI=1S/C37H63N7O6.CH2O2.CH4O/c1-4-41-18-20-42(26-27-45)21-23-44(30-36(48)49)25-24-43(22-19-41)29-35(47)40-28-32-12-14-33(15-13-32)37(50)39-17-8-5-6-11-34(46)38-16-9-7-10-31(2)3;2-1-3;1-2/h12-15,27,31H,4-11,16-26,28-30H2,1-3H3,(H,38,46)(H,39,50)(H,40,47)(H,48,49);1H,(H,2,3);2H,1H3. The molecule has 1 aliphatic rings. The van der Waals surface area contributed by atoms with E-state index in [2.05, 4.69) is 51.4 Å². The summed E-state index contributed by atoms with van der Waals surface area (Å²) >= 11 is 0. The molecule has 0 unspecified atom stereocenters. The summed E-state index contributed by atoms with van der Waals surface area (Å²) in [6.07, 6.45) is 7.23. The molecule has 0 bridgehead atoms. The summed E-state index contributed by atoms with van der Waals surface area (Å²) in [6, 6.07) is 7.18. The number of hydrogen-bond donors (Lipinski definition) is 6. The lowest BCUT2D eigenvalue weighted by Gasteiger charge is -2.32. The van der Waals surface area contributed by atoms with Gasteiger partial charge in [0.2, 0.25) is 11.8 Å². The Morgan fingerprint density at radius 3 is 1.78 bits per heavy atom. The number of likely N-dealkylation sites (N-methyl/N-ethyl adjacent to an activating group) is 1. The quantitative estimate of drug-likeness (QED) is 0.0770. The fraction of sp³-hybridized carbons (Fsp3) is 0.692. The lowest BCUT2D eigenvalue weighted by Crippen LogP contribution is -2.48. The number of hydrogen-bond acceptors (Lipinski definition) is 11. The normalized spacial score (nSPS) is 14.8. The van der Waals surface area contributed by atoms with Crippen LogP contribution in [-0.2, 0) is 30.5 Å². The van der Waals surface area contributed by atoms with Gasteiger partial charge in [0, 0.05) is 91.1 Å². The predicted octanol–water partition coefficient (Wildman–Crippen LogP) is 1.37. The molecule has 1 fully saturated rings. The van der Waals surface area contributed by atoms with Crippen LogP contribution in [0.25, 0.3) is 0 Å². The van der Waals surface area contributed by atoms with Gasteiger partial charge in [-0.05, 0) is 49.4 Å². The van der Waals surface area contributed by atoms with Crippen LogP contribution in [0.2, 0.25) is 0 Å². The third kappa shape index (κ3) is 27.3. The lowest BCUT2D eigenvalue weighted by molar-refractivity contribution is -0.138. The summed E-state index contributed by atoms with van der Waals surface area (Å²) in [5.41, 5.74) is 1.43. The monoisotopic (exact) mass is 780 g/mol. The smallest absolute Gasteiger partial charge is 0.317 e. The minimum absolute atomic E-state index is 0.0942. The van der Waals surface area contributed by atoms with Crippen LogP contribution in [0, 0.1) is 5.92 Å². The van der Waals surface area contributed by atoms with Gasteiger partial charge < -0.3 is 41.0 Å². The zero-order valence-corrected chi connectivity index (χ0v) is 33.7. The van der Waals surface area contributed by atoms with Gasteiger partial charge in [-0.15, -0.1) is 0 Å². The van der Waals surface area contributed by atoms with E-state index in [-0.39, 0.29) is 37.3 Å². The van der Waals surface area contributed by atoms with Crippen molar-refractivity contribution in [1.29, 1.82) is 0 Å². The number of nitrogens with one attached hydrogen (secondary N) is 3. The minimum atomic E-state index is -0.903. The molecule has 0 aliphatic carbocycles. The van der Waals surface area contributed by atoms with Crippen molar-refractivity contribution in [2.45, 2.75) is 72.3 Å². The minimum Gasteiger partial charge on any atom is -0.483 e. The molecule has 16 heteroatoms. The maximum Gasteiger partial charge on any atom is 0.317 e. The fourth-order valence-electron chi connectivity index (χ4n) is 5.81. The van der Waals surface area contributed by atoms with Crippen LogP contribution in [0.1, 0.15) is 81.6 Å². The van der Waals surface area contributed by atoms with Gasteiger partial charge >= 0.3 is 5.97 Å². The van der Waals surface area contributed by atoms with Crippen molar-refractivity contribution in [2.24, 2.45) is 5.92 Å². The number of aliphatic hydroxyl groups is 1. The Balaban J connectivity index is 0.00000554. The molecule has 3 amide bonds. The molecule has 0 radical (unpaired) electrons. The Morgan fingerprint density at radius 2 is 1.24 bits per heavy atom. The molecule has 1 aliphatic heterocycles. The van der Waals surface area contributed by atoms with Gasteiger partial charge in [-0.25, -0.2) is 0 Å². The first-order valence-electron chi connectivity index (χ1n) is 19.5. The Hall–Kier alpha value is -3.96. The topological polar surface area (TPSA) is 212 Å². The first kappa shape index (κ1) is 51.0. The van der Waals surface area contributed by atoms with Crippen molar-refractivity contribution >= 4 is 36.4 Å². The third-order valence-corrected chi connectivity index (χ3v) is 9.04. The van der Waals surface area contributed by atoms with Gasteiger partial charge in [0.15, 0.2) is 0 Å². The number of rotatable bonds is 21. The van der Waals surface area contributed by atoms with Gasteiger partial charge in [0.05, 0.1) is 19.6 Å². The Kier molecular flexibility index (Phi) is 31.0. The first-order valence-corrected chi connectivity index (χ1v) is 19.5. The number of carboxylic acids is 1. The van der Waals surface area contributed by atoms with Crippen LogP contribution in [0.4, 0.5) is 0 Å². The largest absolute Gasteiger partial charge is 0.483 e. The molecular formula is C39H69N7O9. The molecule has 2 rings (SSSR count). The molecule has 0 aromatic heterocycles. The fourth-order valence-corrected chi connectivity index (χ4v) is 5.81. The second-order valence-corrected chi connectivity index (χ2v) is 13.7. The SMILES string of the molecule is CCN1CCN(CC=O)CCN(CC(=O)O)CCN(CC(=O)NCc2ccc(C(=O)NCCCCCC(=O)NCCCCC(C)C)cc2)CC1.CO.O=CO. The number of nitrogens with zero attached hydrogens (tertiary/aromatic N) is 4. The van der Waals surface area contributed by atoms with E-state index in [0.29, 0.717) is 76.8 Å². The number of carbonyl (C=O) groups excluding carboxylic acids is 4. The summed E-state index contributed by atoms with van der Waals surface area (Å²) in [6.45, 7) is 14.3. The molecule has 6 N–H and O–H groups in total. The number of carbonyl (C=O) groups is 6. The van der Waals surface area contributed by atoms with Crippen LogP contribution in [-0.4, -0.2) is 170 Å². The Labute approximate surface area is 328 Å². The third-order valence-electron chi connectivity index (χ3n) is 9.04. The van der Waals surface area contributed by atoms with Crippen LogP contribution in [0.3, 0.4) is 0 Å². The summed E-state index contributed by atoms with van der Waals surface area (Å²) in [4.78, 5) is 76.9.